The van der Waals surface area contributed by atoms with E-state index in [9.17, 15) is 0 Å². The minimum Gasteiger partial charge on any atom is -0.126 e. The number of aliphatic hydroxyl groups is 1. The molecule has 3 aromatic carbocycles. The van der Waals surface area contributed by atoms with Crippen molar-refractivity contribution in [2.75, 3.05) is 6.61 Å². The summed E-state index contributed by atoms with van der Waals surface area (Å²) in [5.74, 6) is 0. The largest absolute Gasteiger partial charge is 0.126 e. The molecular formula is C16H19Cl2O2SiZr-3. The molecule has 120 valence electrons. The molecule has 0 bridgehead atoms. The first kappa shape index (κ1) is 26.6. The minimum absolute atomic E-state index is 0. The minimum atomic E-state index is -1.21. The van der Waals surface area contributed by atoms with Gasteiger partial charge in [-0.05, 0) is 0 Å². The molecule has 1 N–H and O–H groups in total. The van der Waals surface area contributed by atoms with Crippen LogP contribution in [0.3, 0.4) is 0 Å². The molecule has 0 aliphatic heterocycles. The summed E-state index contributed by atoms with van der Waals surface area (Å²) >= 11 is -1.21. The van der Waals surface area contributed by atoms with Gasteiger partial charge in [-0.3, -0.25) is 0 Å². The SMILES string of the molecule is Cl.Cl.[CH2-]CO.[CH3-].[O]=[Zr]=[Si].c1ccc2c(c1)[cH-]c1ccccc12. The monoisotopic (exact) mass is 431 g/mol. The molecule has 2 nitrogen and oxygen atoms in total. The molecule has 0 saturated carbocycles. The third-order valence-corrected chi connectivity index (χ3v) is 2.52. The van der Waals surface area contributed by atoms with Crippen molar-refractivity contribution in [1.29, 1.82) is 0 Å². The third-order valence-electron chi connectivity index (χ3n) is 2.52. The zero-order chi connectivity index (χ0) is 14.1. The molecule has 6 heteroatoms. The van der Waals surface area contributed by atoms with Gasteiger partial charge in [-0.25, -0.2) is 0 Å². The van der Waals surface area contributed by atoms with Crippen LogP contribution in [-0.2, 0) is 24.7 Å². The van der Waals surface area contributed by atoms with Gasteiger partial charge in [0.1, 0.15) is 0 Å². The van der Waals surface area contributed by atoms with E-state index in [-0.39, 0.29) is 38.8 Å². The second-order valence-corrected chi connectivity index (χ2v) is 5.35. The van der Waals surface area contributed by atoms with Crippen LogP contribution >= 0.6 is 24.8 Å². The second-order valence-electron chi connectivity index (χ2n) is 3.64. The summed E-state index contributed by atoms with van der Waals surface area (Å²) in [6.07, 6.45) is 0. The normalized spacial score (nSPS) is 7.73. The molecule has 0 unspecified atom stereocenters. The molecule has 0 atom stereocenters. The Labute approximate surface area is 157 Å². The molecular weight excluding hydrogens is 414 g/mol. The topological polar surface area (TPSA) is 37.3 Å². The maximum atomic E-state index is 9.01. The van der Waals surface area contributed by atoms with Gasteiger partial charge in [-0.1, -0.05) is 43.0 Å². The van der Waals surface area contributed by atoms with E-state index in [0.29, 0.717) is 0 Å². The Morgan fingerprint density at radius 1 is 1.00 bits per heavy atom. The summed E-state index contributed by atoms with van der Waals surface area (Å²) in [4.78, 5) is 0. The van der Waals surface area contributed by atoms with Crippen LogP contribution in [0.25, 0.3) is 21.5 Å². The summed E-state index contributed by atoms with van der Waals surface area (Å²) < 4.78 is 9.01. The maximum Gasteiger partial charge on any atom is -0.0771 e. The molecule has 0 fully saturated rings. The van der Waals surface area contributed by atoms with Crippen molar-refractivity contribution < 1.29 is 29.8 Å². The van der Waals surface area contributed by atoms with E-state index >= 15 is 0 Å². The van der Waals surface area contributed by atoms with Gasteiger partial charge in [-0.2, -0.15) is 0 Å². The Morgan fingerprint density at radius 3 is 1.59 bits per heavy atom. The van der Waals surface area contributed by atoms with Crippen LogP contribution in [0.4, 0.5) is 0 Å². The number of fused-ring (bicyclic) bond motifs is 3. The van der Waals surface area contributed by atoms with Crippen molar-refractivity contribution in [3.63, 3.8) is 0 Å². The second kappa shape index (κ2) is 15.6. The van der Waals surface area contributed by atoms with Crippen molar-refractivity contribution in [2.45, 2.75) is 0 Å². The predicted molar refractivity (Wildman–Crippen MR) is 96.8 cm³/mol. The van der Waals surface area contributed by atoms with Gasteiger partial charge in [0.25, 0.3) is 0 Å². The Balaban J connectivity index is -0.000000357. The first-order chi connectivity index (χ1) is 9.28. The van der Waals surface area contributed by atoms with Crippen molar-refractivity contribution in [1.82, 2.24) is 0 Å². The van der Waals surface area contributed by atoms with E-state index in [2.05, 4.69) is 68.4 Å². The van der Waals surface area contributed by atoms with Crippen LogP contribution in [0.1, 0.15) is 0 Å². The van der Waals surface area contributed by atoms with E-state index in [1.165, 1.54) is 21.5 Å². The number of halogens is 2. The number of benzene rings is 2. The van der Waals surface area contributed by atoms with E-state index in [4.69, 9.17) is 7.92 Å². The summed E-state index contributed by atoms with van der Waals surface area (Å²) in [7, 11) is 0. The molecule has 3 aromatic rings. The van der Waals surface area contributed by atoms with Crippen molar-refractivity contribution in [2.24, 2.45) is 0 Å². The molecule has 0 amide bonds. The van der Waals surface area contributed by atoms with Crippen molar-refractivity contribution >= 4 is 53.2 Å². The molecule has 0 aliphatic carbocycles. The predicted octanol–water partition coefficient (Wildman–Crippen LogP) is 4.32. The third kappa shape index (κ3) is 7.85. The fourth-order valence-electron chi connectivity index (χ4n) is 1.90. The molecule has 0 spiro atoms. The van der Waals surface area contributed by atoms with Crippen LogP contribution in [0.5, 0.6) is 0 Å². The molecule has 0 aliphatic rings. The summed E-state index contributed by atoms with van der Waals surface area (Å²) in [5.41, 5.74) is 0. The average molecular weight is 434 g/mol. The first-order valence-electron chi connectivity index (χ1n) is 5.75. The standard InChI is InChI=1S/C13H9.C2H5O.CH3.2ClH.O.Si.Zr/c1-3-7-12-10(5-1)9-11-6-2-4-8-13(11)12;1-2-3;;;;;;/h1-9H;3H,1-2H2;1H3;2*1H;;;/q3*-1;;;;;. The number of hydrogen-bond acceptors (Lipinski definition) is 2. The zero-order valence-corrected chi connectivity index (χ0v) is 17.4. The molecule has 3 rings (SSSR count). The number of aliphatic hydroxyl groups excluding tert-OH is 1. The van der Waals surface area contributed by atoms with E-state index in [1.807, 2.05) is 0 Å². The fourth-order valence-corrected chi connectivity index (χ4v) is 1.90. The van der Waals surface area contributed by atoms with Gasteiger partial charge in [0.05, 0.1) is 0 Å². The van der Waals surface area contributed by atoms with Crippen molar-refractivity contribution in [3.05, 3.63) is 68.9 Å². The fraction of sp³-hybridized carbons (Fsp3) is 0.0625. The van der Waals surface area contributed by atoms with Gasteiger partial charge < -0.3 is 19.5 Å². The number of rotatable bonds is 0. The van der Waals surface area contributed by atoms with Gasteiger partial charge in [0.15, 0.2) is 0 Å². The Kier molecular flexibility index (Phi) is 18.9. The summed E-state index contributed by atoms with van der Waals surface area (Å²) in [6, 6.07) is 19.3. The summed E-state index contributed by atoms with van der Waals surface area (Å²) in [6.45, 7) is 5.84. The van der Waals surface area contributed by atoms with Gasteiger partial charge in [0, 0.05) is 0 Å². The zero-order valence-electron chi connectivity index (χ0n) is 12.3. The van der Waals surface area contributed by atoms with E-state index in [0.717, 1.165) is 0 Å². The van der Waals surface area contributed by atoms with Crippen LogP contribution < -0.4 is 0 Å². The van der Waals surface area contributed by atoms with E-state index in [1.54, 1.807) is 0 Å². The molecule has 22 heavy (non-hydrogen) atoms. The quantitative estimate of drug-likeness (QED) is 0.424. The Hall–Kier alpha value is -0.250. The maximum absolute atomic E-state index is 9.01. The van der Waals surface area contributed by atoms with Crippen LogP contribution in [0.15, 0.2) is 54.6 Å². The summed E-state index contributed by atoms with van der Waals surface area (Å²) in [5, 5.41) is 12.9. The van der Waals surface area contributed by atoms with Crippen molar-refractivity contribution in [3.8, 4) is 0 Å². The smallest absolute Gasteiger partial charge is 0.0771 e. The molecule has 2 radical (unpaired) electrons. The van der Waals surface area contributed by atoms with Crippen LogP contribution in [-0.4, -0.2) is 18.6 Å². The Morgan fingerprint density at radius 2 is 1.27 bits per heavy atom. The van der Waals surface area contributed by atoms with E-state index < -0.39 is 21.9 Å². The van der Waals surface area contributed by atoms with Gasteiger partial charge in [0.2, 0.25) is 0 Å². The average Bonchev–Trinajstić information content (AvgIpc) is 2.79. The molecule has 0 aromatic heterocycles. The number of hydrogen-bond donors (Lipinski definition) is 1. The van der Waals surface area contributed by atoms with Gasteiger partial charge in [-0.15, -0.1) is 64.6 Å². The Bertz CT molecular complexity index is 630. The molecule has 0 heterocycles. The van der Waals surface area contributed by atoms with Crippen LogP contribution in [0.2, 0.25) is 0 Å². The van der Waals surface area contributed by atoms with Crippen LogP contribution in [0, 0.1) is 14.4 Å². The first-order valence-corrected chi connectivity index (χ1v) is 10.9. The molecule has 0 saturated heterocycles. The van der Waals surface area contributed by atoms with Gasteiger partial charge >= 0.3 is 31.5 Å².